The largest absolute Gasteiger partial charge is 0.454 e. The van der Waals surface area contributed by atoms with Gasteiger partial charge in [-0.05, 0) is 56.9 Å². The van der Waals surface area contributed by atoms with Crippen molar-refractivity contribution in [3.63, 3.8) is 0 Å². The summed E-state index contributed by atoms with van der Waals surface area (Å²) in [6, 6.07) is 47.7. The zero-order valence-corrected chi connectivity index (χ0v) is 24.1. The lowest BCUT2D eigenvalue weighted by Gasteiger charge is -2.12. The first kappa shape index (κ1) is 25.3. The number of hydrogen-bond acceptors (Lipinski definition) is 5. The van der Waals surface area contributed by atoms with Gasteiger partial charge in [0.15, 0.2) is 28.8 Å². The molecule has 9 rings (SSSR count). The Kier molecular flexibility index (Phi) is 5.74. The number of benzene rings is 6. The Balaban J connectivity index is 1.31. The highest BCUT2D eigenvalue weighted by Crippen LogP contribution is 2.39. The van der Waals surface area contributed by atoms with E-state index >= 15 is 0 Å². The fourth-order valence-electron chi connectivity index (χ4n) is 6.26. The molecule has 9 aromatic rings. The summed E-state index contributed by atoms with van der Waals surface area (Å²) in [5.41, 5.74) is 6.09. The molecule has 0 radical (unpaired) electrons. The molecular weight excluding hydrogens is 552 g/mol. The molecule has 210 valence electrons. The van der Waals surface area contributed by atoms with Crippen LogP contribution in [0.5, 0.6) is 0 Å². The van der Waals surface area contributed by atoms with Crippen LogP contribution in [0.3, 0.4) is 0 Å². The minimum atomic E-state index is 0.460. The molecule has 0 fully saturated rings. The number of fused-ring (bicyclic) bond motifs is 6. The van der Waals surface area contributed by atoms with Gasteiger partial charge in [-0.15, -0.1) is 0 Å². The third kappa shape index (κ3) is 4.25. The summed E-state index contributed by atoms with van der Waals surface area (Å²) < 4.78 is 6.51. The van der Waals surface area contributed by atoms with Crippen LogP contribution in [0.1, 0.15) is 0 Å². The first-order valence-corrected chi connectivity index (χ1v) is 14.9. The summed E-state index contributed by atoms with van der Waals surface area (Å²) >= 11 is 0. The monoisotopic (exact) mass is 576 g/mol. The van der Waals surface area contributed by atoms with Gasteiger partial charge in [-0.25, -0.2) is 19.9 Å². The zero-order chi connectivity index (χ0) is 29.7. The molecule has 5 nitrogen and oxygen atoms in total. The van der Waals surface area contributed by atoms with E-state index in [-0.39, 0.29) is 0 Å². The molecule has 0 unspecified atom stereocenters. The van der Waals surface area contributed by atoms with Gasteiger partial charge in [-0.3, -0.25) is 0 Å². The van der Waals surface area contributed by atoms with Gasteiger partial charge in [0.2, 0.25) is 0 Å². The average molecular weight is 577 g/mol. The third-order valence-electron chi connectivity index (χ3n) is 8.36. The Hall–Kier alpha value is -6.20. The van der Waals surface area contributed by atoms with Crippen LogP contribution >= 0.6 is 0 Å². The maximum atomic E-state index is 6.51. The van der Waals surface area contributed by atoms with Gasteiger partial charge in [0.25, 0.3) is 0 Å². The molecule has 45 heavy (non-hydrogen) atoms. The van der Waals surface area contributed by atoms with Gasteiger partial charge in [-0.1, -0.05) is 115 Å². The van der Waals surface area contributed by atoms with E-state index in [2.05, 4.69) is 91.0 Å². The molecule has 0 saturated heterocycles. The molecular formula is C40H24N4O. The van der Waals surface area contributed by atoms with Crippen LogP contribution in [0, 0.1) is 0 Å². The lowest BCUT2D eigenvalue weighted by Crippen LogP contribution is -2.01. The number of nitrogens with zero attached hydrogens (tertiary/aromatic N) is 4. The summed E-state index contributed by atoms with van der Waals surface area (Å²) in [5, 5.41) is 6.62. The maximum Gasteiger partial charge on any atom is 0.186 e. The zero-order valence-electron chi connectivity index (χ0n) is 24.1. The fourth-order valence-corrected chi connectivity index (χ4v) is 6.26. The van der Waals surface area contributed by atoms with E-state index < -0.39 is 0 Å². The highest BCUT2D eigenvalue weighted by Gasteiger charge is 2.20. The molecule has 3 aromatic heterocycles. The van der Waals surface area contributed by atoms with Crippen molar-refractivity contribution >= 4 is 43.5 Å². The Morgan fingerprint density at radius 2 is 1.09 bits per heavy atom. The van der Waals surface area contributed by atoms with E-state index in [9.17, 15) is 0 Å². The Morgan fingerprint density at radius 1 is 0.444 bits per heavy atom. The second-order valence-electron chi connectivity index (χ2n) is 11.1. The predicted octanol–water partition coefficient (Wildman–Crippen LogP) is 10.1. The topological polar surface area (TPSA) is 64.7 Å². The van der Waals surface area contributed by atoms with Crippen molar-refractivity contribution in [2.24, 2.45) is 0 Å². The summed E-state index contributed by atoms with van der Waals surface area (Å²) in [5.74, 6) is 1.61. The van der Waals surface area contributed by atoms with Crippen molar-refractivity contribution in [2.45, 2.75) is 0 Å². The van der Waals surface area contributed by atoms with E-state index in [0.717, 1.165) is 54.8 Å². The van der Waals surface area contributed by atoms with Gasteiger partial charge in [0.05, 0.1) is 0 Å². The molecule has 5 heteroatoms. The SMILES string of the molecule is c1ccc(-c2nc(-c3cc(-c4ccccc4)c4ccccc4c3)nc(-c3nccc4c3oc3ccc5ccccc5c34)n2)cc1. The first-order chi connectivity index (χ1) is 22.3. The first-order valence-electron chi connectivity index (χ1n) is 14.9. The molecule has 0 spiro atoms. The molecule has 0 aliphatic heterocycles. The van der Waals surface area contributed by atoms with Crippen LogP contribution in [0.4, 0.5) is 0 Å². The lowest BCUT2D eigenvalue weighted by molar-refractivity contribution is 0.668. The van der Waals surface area contributed by atoms with Crippen LogP contribution in [0.25, 0.3) is 88.9 Å². The van der Waals surface area contributed by atoms with Gasteiger partial charge in [0.1, 0.15) is 5.58 Å². The third-order valence-corrected chi connectivity index (χ3v) is 8.36. The minimum Gasteiger partial charge on any atom is -0.454 e. The van der Waals surface area contributed by atoms with E-state index in [0.29, 0.717) is 28.8 Å². The van der Waals surface area contributed by atoms with E-state index in [1.807, 2.05) is 54.7 Å². The Morgan fingerprint density at radius 3 is 1.89 bits per heavy atom. The summed E-state index contributed by atoms with van der Waals surface area (Å²) in [6.45, 7) is 0. The minimum absolute atomic E-state index is 0.460. The van der Waals surface area contributed by atoms with Crippen molar-refractivity contribution in [3.05, 3.63) is 146 Å². The van der Waals surface area contributed by atoms with Crippen molar-refractivity contribution in [2.75, 3.05) is 0 Å². The molecule has 0 N–H and O–H groups in total. The van der Waals surface area contributed by atoms with Crippen molar-refractivity contribution < 1.29 is 4.42 Å². The van der Waals surface area contributed by atoms with Crippen LogP contribution in [-0.2, 0) is 0 Å². The molecule has 0 aliphatic rings. The number of furan rings is 1. The van der Waals surface area contributed by atoms with E-state index in [1.54, 1.807) is 0 Å². The van der Waals surface area contributed by atoms with Crippen molar-refractivity contribution in [3.8, 4) is 45.4 Å². The van der Waals surface area contributed by atoms with E-state index in [4.69, 9.17) is 24.4 Å². The summed E-state index contributed by atoms with van der Waals surface area (Å²) in [7, 11) is 0. The number of pyridine rings is 1. The van der Waals surface area contributed by atoms with Crippen LogP contribution in [-0.4, -0.2) is 19.9 Å². The van der Waals surface area contributed by atoms with E-state index in [1.165, 1.54) is 5.39 Å². The van der Waals surface area contributed by atoms with Gasteiger partial charge in [-0.2, -0.15) is 0 Å². The predicted molar refractivity (Wildman–Crippen MR) is 182 cm³/mol. The molecule has 0 aliphatic carbocycles. The number of aromatic nitrogens is 4. The summed E-state index contributed by atoms with van der Waals surface area (Å²) in [4.78, 5) is 19.9. The molecule has 0 saturated carbocycles. The molecule has 6 aromatic carbocycles. The van der Waals surface area contributed by atoms with Crippen LogP contribution in [0.15, 0.2) is 150 Å². The average Bonchev–Trinajstić information content (AvgIpc) is 3.51. The normalized spacial score (nSPS) is 11.6. The molecule has 0 bridgehead atoms. The second-order valence-corrected chi connectivity index (χ2v) is 11.1. The standard InChI is InChI=1S/C40H24N4O/c1-3-11-25(12-4-1)33-24-29(23-28-16-8-9-17-30(28)33)39-42-38(27-14-5-2-6-15-27)43-40(44-39)36-37-32(21-22-41-36)35-31-18-10-7-13-26(31)19-20-34(35)45-37/h1-24H. The van der Waals surface area contributed by atoms with Crippen LogP contribution in [0.2, 0.25) is 0 Å². The highest BCUT2D eigenvalue weighted by molar-refractivity contribution is 6.20. The van der Waals surface area contributed by atoms with Gasteiger partial charge >= 0.3 is 0 Å². The van der Waals surface area contributed by atoms with Gasteiger partial charge < -0.3 is 4.42 Å². The fraction of sp³-hybridized carbons (Fsp3) is 0. The summed E-state index contributed by atoms with van der Waals surface area (Å²) in [6.07, 6.45) is 1.81. The Bertz CT molecular complexity index is 2540. The smallest absolute Gasteiger partial charge is 0.186 e. The molecule has 0 atom stereocenters. The second kappa shape index (κ2) is 10.2. The van der Waals surface area contributed by atoms with Gasteiger partial charge in [0, 0.05) is 28.1 Å². The quantitative estimate of drug-likeness (QED) is 0.209. The Labute approximate surface area is 258 Å². The number of rotatable bonds is 4. The number of hydrogen-bond donors (Lipinski definition) is 0. The maximum absolute atomic E-state index is 6.51. The van der Waals surface area contributed by atoms with Crippen molar-refractivity contribution in [1.29, 1.82) is 0 Å². The van der Waals surface area contributed by atoms with Crippen molar-refractivity contribution in [1.82, 2.24) is 19.9 Å². The lowest BCUT2D eigenvalue weighted by atomic mass is 9.95. The highest BCUT2D eigenvalue weighted by atomic mass is 16.3. The molecule has 0 amide bonds. The molecule has 3 heterocycles. The van der Waals surface area contributed by atoms with Crippen LogP contribution < -0.4 is 0 Å².